The van der Waals surface area contributed by atoms with E-state index in [-0.39, 0.29) is 6.61 Å². The van der Waals surface area contributed by atoms with Gasteiger partial charge in [-0.2, -0.15) is 0 Å². The highest BCUT2D eigenvalue weighted by molar-refractivity contribution is 4.88. The number of unbranched alkanes of at least 4 members (excludes halogenated alkanes) is 5. The summed E-state index contributed by atoms with van der Waals surface area (Å²) >= 11 is 0. The summed E-state index contributed by atoms with van der Waals surface area (Å²) in [7, 11) is 0. The van der Waals surface area contributed by atoms with Gasteiger partial charge in [0.15, 0.2) is 0 Å². The van der Waals surface area contributed by atoms with E-state index in [4.69, 9.17) is 14.6 Å². The molecule has 5 nitrogen and oxygen atoms in total. The Morgan fingerprint density at radius 2 is 1.86 bits per heavy atom. The highest BCUT2D eigenvalue weighted by Crippen LogP contribution is 2.20. The van der Waals surface area contributed by atoms with E-state index in [0.29, 0.717) is 6.61 Å². The van der Waals surface area contributed by atoms with Gasteiger partial charge in [0.1, 0.15) is 24.4 Å². The molecular formula is C17H32O5. The molecule has 1 heterocycles. The molecule has 0 unspecified atom stereocenters. The van der Waals surface area contributed by atoms with Crippen molar-refractivity contribution in [2.45, 2.75) is 76.3 Å². The summed E-state index contributed by atoms with van der Waals surface area (Å²) in [5, 5.41) is 28.3. The maximum atomic E-state index is 9.96. The van der Waals surface area contributed by atoms with Crippen LogP contribution in [0, 0.1) is 0 Å². The van der Waals surface area contributed by atoms with Crippen molar-refractivity contribution in [3.8, 4) is 0 Å². The first-order valence-electron chi connectivity index (χ1n) is 8.55. The van der Waals surface area contributed by atoms with Crippen LogP contribution in [0.5, 0.6) is 0 Å². The third-order valence-electron chi connectivity index (χ3n) is 3.97. The molecule has 1 aliphatic rings. The largest absolute Gasteiger partial charge is 0.394 e. The Labute approximate surface area is 133 Å². The predicted octanol–water partition coefficient (Wildman–Crippen LogP) is 1.79. The lowest BCUT2D eigenvalue weighted by atomic mass is 10.1. The van der Waals surface area contributed by atoms with Crippen molar-refractivity contribution in [2.24, 2.45) is 0 Å². The van der Waals surface area contributed by atoms with Crippen LogP contribution in [0.25, 0.3) is 0 Å². The lowest BCUT2D eigenvalue weighted by Crippen LogP contribution is -2.41. The van der Waals surface area contributed by atoms with Gasteiger partial charge in [-0.3, -0.25) is 0 Å². The van der Waals surface area contributed by atoms with Gasteiger partial charge in [0.2, 0.25) is 0 Å². The molecule has 0 bridgehead atoms. The van der Waals surface area contributed by atoms with Gasteiger partial charge in [0.05, 0.1) is 13.2 Å². The van der Waals surface area contributed by atoms with Gasteiger partial charge in [-0.25, -0.2) is 0 Å². The van der Waals surface area contributed by atoms with Gasteiger partial charge in [-0.15, -0.1) is 0 Å². The Kier molecular flexibility index (Phi) is 10.7. The van der Waals surface area contributed by atoms with Crippen LogP contribution in [-0.2, 0) is 9.47 Å². The van der Waals surface area contributed by atoms with E-state index in [1.54, 1.807) is 0 Å². The summed E-state index contributed by atoms with van der Waals surface area (Å²) in [5.41, 5.74) is 0. The van der Waals surface area contributed by atoms with E-state index in [1.165, 1.54) is 25.7 Å². The lowest BCUT2D eigenvalue weighted by molar-refractivity contribution is -0.0730. The van der Waals surface area contributed by atoms with Gasteiger partial charge >= 0.3 is 0 Å². The molecule has 4 atom stereocenters. The Balaban J connectivity index is 2.01. The second-order valence-electron chi connectivity index (χ2n) is 5.91. The Morgan fingerprint density at radius 3 is 2.50 bits per heavy atom. The van der Waals surface area contributed by atoms with Crippen LogP contribution in [0.4, 0.5) is 0 Å². The Hall–Kier alpha value is -0.460. The number of aliphatic hydroxyl groups is 3. The molecule has 0 aromatic carbocycles. The van der Waals surface area contributed by atoms with Gasteiger partial charge in [-0.05, 0) is 32.1 Å². The monoisotopic (exact) mass is 316 g/mol. The summed E-state index contributed by atoms with van der Waals surface area (Å²) in [4.78, 5) is 0. The maximum absolute atomic E-state index is 9.96. The minimum atomic E-state index is -1.05. The second-order valence-corrected chi connectivity index (χ2v) is 5.91. The highest BCUT2D eigenvalue weighted by Gasteiger charge is 2.40. The topological polar surface area (TPSA) is 79.2 Å². The van der Waals surface area contributed by atoms with Gasteiger partial charge < -0.3 is 24.8 Å². The zero-order valence-electron chi connectivity index (χ0n) is 13.7. The SMILES string of the molecule is CCCCC/C=C/CCCCO[C@@H]1CO[C@H]([C@@H](O)CO)[C@@H]1O. The van der Waals surface area contributed by atoms with Crippen molar-refractivity contribution in [3.05, 3.63) is 12.2 Å². The number of hydrogen-bond donors (Lipinski definition) is 3. The number of aliphatic hydroxyl groups excluding tert-OH is 3. The van der Waals surface area contributed by atoms with Crippen molar-refractivity contribution in [1.29, 1.82) is 0 Å². The molecule has 1 fully saturated rings. The van der Waals surface area contributed by atoms with Crippen LogP contribution in [0.1, 0.15) is 51.9 Å². The minimum Gasteiger partial charge on any atom is -0.394 e. The lowest BCUT2D eigenvalue weighted by Gasteiger charge is -2.20. The van der Waals surface area contributed by atoms with E-state index in [1.807, 2.05) is 0 Å². The molecule has 1 rings (SSSR count). The first-order chi connectivity index (χ1) is 10.7. The molecule has 3 N–H and O–H groups in total. The average molecular weight is 316 g/mol. The Morgan fingerprint density at radius 1 is 1.18 bits per heavy atom. The zero-order valence-corrected chi connectivity index (χ0v) is 13.7. The molecule has 0 saturated carbocycles. The van der Waals surface area contributed by atoms with Crippen LogP contribution >= 0.6 is 0 Å². The van der Waals surface area contributed by atoms with E-state index >= 15 is 0 Å². The minimum absolute atomic E-state index is 0.264. The fourth-order valence-electron chi connectivity index (χ4n) is 2.55. The standard InChI is InChI=1S/C17H32O5/c1-2-3-4-5-6-7-8-9-10-11-21-15-13-22-17(16(15)20)14(19)12-18/h6-7,14-20H,2-5,8-13H2,1H3/b7-6+/t14-,15+,16+,17+/m0/s1. The number of rotatable bonds is 12. The number of ether oxygens (including phenoxy) is 2. The fourth-order valence-corrected chi connectivity index (χ4v) is 2.55. The molecule has 0 spiro atoms. The maximum Gasteiger partial charge on any atom is 0.114 e. The first-order valence-corrected chi connectivity index (χ1v) is 8.55. The van der Waals surface area contributed by atoms with Crippen molar-refractivity contribution in [3.63, 3.8) is 0 Å². The van der Waals surface area contributed by atoms with Crippen molar-refractivity contribution < 1.29 is 24.8 Å². The molecule has 1 aliphatic heterocycles. The molecule has 22 heavy (non-hydrogen) atoms. The quantitative estimate of drug-likeness (QED) is 0.378. The molecule has 0 aromatic heterocycles. The molecule has 0 radical (unpaired) electrons. The van der Waals surface area contributed by atoms with Crippen LogP contribution in [0.15, 0.2) is 12.2 Å². The molecule has 0 aliphatic carbocycles. The average Bonchev–Trinajstić information content (AvgIpc) is 2.89. The zero-order chi connectivity index (χ0) is 16.2. The van der Waals surface area contributed by atoms with Gasteiger partial charge in [-0.1, -0.05) is 31.9 Å². The fraction of sp³-hybridized carbons (Fsp3) is 0.882. The Bertz CT molecular complexity index is 295. The molecule has 0 amide bonds. The van der Waals surface area contributed by atoms with Gasteiger partial charge in [0, 0.05) is 6.61 Å². The number of allylic oxidation sites excluding steroid dienone is 2. The first kappa shape index (κ1) is 19.6. The van der Waals surface area contributed by atoms with E-state index in [2.05, 4.69) is 19.1 Å². The summed E-state index contributed by atoms with van der Waals surface area (Å²) in [6.07, 6.45) is 9.48. The highest BCUT2D eigenvalue weighted by atomic mass is 16.6. The van der Waals surface area contributed by atoms with Crippen LogP contribution < -0.4 is 0 Å². The molecule has 5 heteroatoms. The number of hydrogen-bond acceptors (Lipinski definition) is 5. The van der Waals surface area contributed by atoms with E-state index < -0.39 is 31.0 Å². The van der Waals surface area contributed by atoms with Crippen molar-refractivity contribution in [1.82, 2.24) is 0 Å². The predicted molar refractivity (Wildman–Crippen MR) is 85.7 cm³/mol. The second kappa shape index (κ2) is 12.0. The normalized spacial score (nSPS) is 26.8. The summed E-state index contributed by atoms with van der Waals surface area (Å²) < 4.78 is 10.9. The van der Waals surface area contributed by atoms with Crippen LogP contribution in [0.3, 0.4) is 0 Å². The third-order valence-corrected chi connectivity index (χ3v) is 3.97. The summed E-state index contributed by atoms with van der Waals surface area (Å²) in [5.74, 6) is 0. The van der Waals surface area contributed by atoms with Gasteiger partial charge in [0.25, 0.3) is 0 Å². The molecular weight excluding hydrogens is 284 g/mol. The van der Waals surface area contributed by atoms with E-state index in [9.17, 15) is 10.2 Å². The van der Waals surface area contributed by atoms with Crippen molar-refractivity contribution in [2.75, 3.05) is 19.8 Å². The summed E-state index contributed by atoms with van der Waals surface area (Å²) in [6.45, 7) is 2.64. The van der Waals surface area contributed by atoms with Crippen LogP contribution in [-0.4, -0.2) is 59.6 Å². The summed E-state index contributed by atoms with van der Waals surface area (Å²) in [6, 6.07) is 0. The van der Waals surface area contributed by atoms with Crippen molar-refractivity contribution >= 4 is 0 Å². The molecule has 1 saturated heterocycles. The smallest absolute Gasteiger partial charge is 0.114 e. The van der Waals surface area contributed by atoms with E-state index in [0.717, 1.165) is 19.3 Å². The molecule has 0 aromatic rings. The molecule has 130 valence electrons. The third kappa shape index (κ3) is 7.20. The van der Waals surface area contributed by atoms with Crippen LogP contribution in [0.2, 0.25) is 0 Å².